The van der Waals surface area contributed by atoms with Crippen molar-refractivity contribution < 1.29 is 28.7 Å². The highest BCUT2D eigenvalue weighted by molar-refractivity contribution is 6.69. The zero-order chi connectivity index (χ0) is 21.6. The topological polar surface area (TPSA) is 86.7 Å². The van der Waals surface area contributed by atoms with Crippen LogP contribution in [0.4, 0.5) is 0 Å². The summed E-state index contributed by atoms with van der Waals surface area (Å²) in [6.07, 6.45) is 0.395. The monoisotopic (exact) mass is 476 g/mol. The van der Waals surface area contributed by atoms with Gasteiger partial charge in [-0.2, -0.15) is 0 Å². The van der Waals surface area contributed by atoms with Gasteiger partial charge in [-0.15, -0.1) is 0 Å². The Balaban J connectivity index is 1.97. The lowest BCUT2D eigenvalue weighted by atomic mass is 10.1. The first-order valence-corrected chi connectivity index (χ1v) is 9.53. The van der Waals surface area contributed by atoms with Gasteiger partial charge >= 0.3 is 0 Å². The second-order valence-corrected chi connectivity index (χ2v) is 7.01. The van der Waals surface area contributed by atoms with Crippen LogP contribution in [0.1, 0.15) is 47.9 Å². The number of hydrogen-bond donors (Lipinski definition) is 0. The fourth-order valence-electron chi connectivity index (χ4n) is 2.26. The number of halogens is 4. The van der Waals surface area contributed by atoms with E-state index >= 15 is 0 Å². The van der Waals surface area contributed by atoms with Gasteiger partial charge in [0.25, 0.3) is 21.0 Å². The van der Waals surface area contributed by atoms with E-state index in [0.717, 1.165) is 0 Å². The van der Waals surface area contributed by atoms with Crippen molar-refractivity contribution in [1.82, 2.24) is 0 Å². The fraction of sp³-hybridized carbons (Fsp3) is 0.158. The molecule has 0 fully saturated rings. The molecular formula is C19H12Cl4O6. The summed E-state index contributed by atoms with van der Waals surface area (Å²) < 4.78 is 11.0. The quantitative estimate of drug-likeness (QED) is 0.351. The van der Waals surface area contributed by atoms with Gasteiger partial charge in [0, 0.05) is 28.7 Å². The van der Waals surface area contributed by atoms with Crippen molar-refractivity contribution in [2.45, 2.75) is 6.42 Å². The minimum atomic E-state index is -0.753. The number of rotatable bonds is 10. The van der Waals surface area contributed by atoms with Crippen LogP contribution in [0.3, 0.4) is 0 Å². The largest absolute Gasteiger partial charge is 0.493 e. The Hall–Kier alpha value is -2.12. The zero-order valence-corrected chi connectivity index (χ0v) is 17.6. The minimum absolute atomic E-state index is 0.0743. The van der Waals surface area contributed by atoms with Crippen molar-refractivity contribution in [3.63, 3.8) is 0 Å². The molecule has 0 saturated heterocycles. The Morgan fingerprint density at radius 3 is 1.07 bits per heavy atom. The summed E-state index contributed by atoms with van der Waals surface area (Å²) in [6, 6.07) is 8.06. The highest BCUT2D eigenvalue weighted by Gasteiger charge is 2.12. The van der Waals surface area contributed by atoms with E-state index in [1.54, 1.807) is 0 Å². The molecule has 0 unspecified atom stereocenters. The third-order valence-corrected chi connectivity index (χ3v) is 4.42. The van der Waals surface area contributed by atoms with Crippen LogP contribution in [-0.2, 0) is 0 Å². The van der Waals surface area contributed by atoms with E-state index in [2.05, 4.69) is 0 Å². The summed E-state index contributed by atoms with van der Waals surface area (Å²) >= 11 is 21.8. The summed E-state index contributed by atoms with van der Waals surface area (Å²) in [5, 5.41) is -3.01. The Bertz CT molecular complexity index is 831. The number of carbonyl (C=O) groups excluding carboxylic acids is 4. The predicted molar refractivity (Wildman–Crippen MR) is 109 cm³/mol. The van der Waals surface area contributed by atoms with Crippen molar-refractivity contribution in [2.75, 3.05) is 13.2 Å². The van der Waals surface area contributed by atoms with Gasteiger partial charge < -0.3 is 9.47 Å². The molecule has 0 bridgehead atoms. The van der Waals surface area contributed by atoms with Crippen LogP contribution in [0, 0.1) is 0 Å². The Labute approximate surface area is 185 Å². The highest BCUT2D eigenvalue weighted by atomic mass is 35.5. The van der Waals surface area contributed by atoms with Crippen molar-refractivity contribution in [1.29, 1.82) is 0 Å². The molecule has 0 aliphatic carbocycles. The lowest BCUT2D eigenvalue weighted by Gasteiger charge is -2.10. The SMILES string of the molecule is O=C(Cl)c1cc(OCCCOc2cc(C(=O)Cl)cc(C(=O)Cl)c2)cc(C(=O)Cl)c1. The maximum atomic E-state index is 11.3. The smallest absolute Gasteiger partial charge is 0.252 e. The summed E-state index contributed by atoms with van der Waals surface area (Å²) in [5.41, 5.74) is 0.297. The van der Waals surface area contributed by atoms with Gasteiger partial charge in [0.1, 0.15) is 11.5 Å². The Morgan fingerprint density at radius 1 is 0.552 bits per heavy atom. The molecule has 0 amide bonds. The average molecular weight is 478 g/mol. The summed E-state index contributed by atoms with van der Waals surface area (Å²) in [7, 11) is 0. The number of benzene rings is 2. The molecule has 0 atom stereocenters. The molecule has 0 N–H and O–H groups in total. The van der Waals surface area contributed by atoms with Crippen LogP contribution in [0.2, 0.25) is 0 Å². The number of carbonyl (C=O) groups is 4. The van der Waals surface area contributed by atoms with Crippen LogP contribution < -0.4 is 9.47 Å². The minimum Gasteiger partial charge on any atom is -0.493 e. The van der Waals surface area contributed by atoms with Crippen LogP contribution in [0.15, 0.2) is 36.4 Å². The molecule has 0 spiro atoms. The third kappa shape index (κ3) is 7.01. The molecule has 29 heavy (non-hydrogen) atoms. The van der Waals surface area contributed by atoms with Crippen LogP contribution in [0.25, 0.3) is 0 Å². The maximum Gasteiger partial charge on any atom is 0.252 e. The molecule has 0 radical (unpaired) electrons. The van der Waals surface area contributed by atoms with Crippen molar-refractivity contribution in [2.24, 2.45) is 0 Å². The van der Waals surface area contributed by atoms with Crippen LogP contribution >= 0.6 is 46.4 Å². The van der Waals surface area contributed by atoms with E-state index in [4.69, 9.17) is 55.9 Å². The van der Waals surface area contributed by atoms with E-state index in [-0.39, 0.29) is 47.0 Å². The molecule has 6 nitrogen and oxygen atoms in total. The van der Waals surface area contributed by atoms with Gasteiger partial charge in [-0.3, -0.25) is 19.2 Å². The van der Waals surface area contributed by atoms with E-state index in [1.165, 1.54) is 36.4 Å². The zero-order valence-electron chi connectivity index (χ0n) is 14.5. The van der Waals surface area contributed by atoms with Crippen LogP contribution in [-0.4, -0.2) is 34.2 Å². The first-order valence-electron chi connectivity index (χ1n) is 8.02. The molecule has 0 saturated carbocycles. The van der Waals surface area contributed by atoms with Gasteiger partial charge in [0.15, 0.2) is 0 Å². The molecule has 0 aliphatic rings. The first-order chi connectivity index (χ1) is 13.7. The number of ether oxygens (including phenoxy) is 2. The standard InChI is InChI=1S/C19H12Cl4O6/c20-16(24)10-4-11(17(21)25)7-14(6-10)28-2-1-3-29-15-8-12(18(22)26)5-13(9-15)19(23)27/h4-9H,1-3H2. The second kappa shape index (κ2) is 10.6. The van der Waals surface area contributed by atoms with Crippen molar-refractivity contribution in [3.8, 4) is 11.5 Å². The normalized spacial score (nSPS) is 10.3. The first kappa shape index (κ1) is 23.2. The predicted octanol–water partition coefficient (Wildman–Crippen LogP) is 5.05. The summed E-state index contributed by atoms with van der Waals surface area (Å²) in [6.45, 7) is 0.344. The molecule has 2 rings (SSSR count). The molecule has 0 heterocycles. The summed E-state index contributed by atoms with van der Waals surface area (Å²) in [4.78, 5) is 45.3. The van der Waals surface area contributed by atoms with Gasteiger partial charge in [0.2, 0.25) is 0 Å². The van der Waals surface area contributed by atoms with E-state index < -0.39 is 21.0 Å². The molecule has 2 aromatic carbocycles. The third-order valence-electron chi connectivity index (χ3n) is 3.55. The van der Waals surface area contributed by atoms with Gasteiger partial charge in [0.05, 0.1) is 13.2 Å². The number of hydrogen-bond acceptors (Lipinski definition) is 6. The van der Waals surface area contributed by atoms with Crippen molar-refractivity contribution >= 4 is 67.4 Å². The van der Waals surface area contributed by atoms with Gasteiger partial charge in [-0.05, 0) is 82.8 Å². The Morgan fingerprint density at radius 2 is 0.828 bits per heavy atom. The fourth-order valence-corrected chi connectivity index (χ4v) is 2.69. The molecular weight excluding hydrogens is 466 g/mol. The van der Waals surface area contributed by atoms with Gasteiger partial charge in [-0.25, -0.2) is 0 Å². The average Bonchev–Trinajstić information content (AvgIpc) is 2.67. The molecule has 0 aliphatic heterocycles. The molecule has 152 valence electrons. The maximum absolute atomic E-state index is 11.3. The lowest BCUT2D eigenvalue weighted by molar-refractivity contribution is 0.106. The molecule has 0 aromatic heterocycles. The van der Waals surface area contributed by atoms with Crippen LogP contribution in [0.5, 0.6) is 11.5 Å². The Kier molecular flexibility index (Phi) is 8.46. The molecule has 10 heteroatoms. The molecule has 2 aromatic rings. The summed E-state index contributed by atoms with van der Waals surface area (Å²) in [5.74, 6) is 0.482. The van der Waals surface area contributed by atoms with Crippen molar-refractivity contribution in [3.05, 3.63) is 58.7 Å². The van der Waals surface area contributed by atoms with Gasteiger partial charge in [-0.1, -0.05) is 0 Å². The van der Waals surface area contributed by atoms with E-state index in [0.29, 0.717) is 6.42 Å². The highest BCUT2D eigenvalue weighted by Crippen LogP contribution is 2.22. The second-order valence-electron chi connectivity index (χ2n) is 5.64. The van der Waals surface area contributed by atoms with E-state index in [1.807, 2.05) is 0 Å². The van der Waals surface area contributed by atoms with E-state index in [9.17, 15) is 19.2 Å². The lowest BCUT2D eigenvalue weighted by Crippen LogP contribution is -2.07.